The second kappa shape index (κ2) is 18.7. The molecule has 0 aliphatic carbocycles. The molecule has 0 saturated heterocycles. The Kier molecular flexibility index (Phi) is 12.8. The Labute approximate surface area is 363 Å². The number of carbonyl (C=O) groups excluding carboxylic acids is 2. The van der Waals surface area contributed by atoms with Gasteiger partial charge >= 0.3 is 0 Å². The van der Waals surface area contributed by atoms with Gasteiger partial charge in [-0.25, -0.2) is 0 Å². The number of ketones is 2. The van der Waals surface area contributed by atoms with Crippen molar-refractivity contribution in [2.45, 2.75) is 55.4 Å². The number of aliphatic imine (C=N–C) groups is 4. The van der Waals surface area contributed by atoms with Gasteiger partial charge in [0.25, 0.3) is 0 Å². The SMILES string of the molecule is CC1=Nc2ccccc2N/C(C)=C(/C(=O)c2cccc(C(=O)/C3=C(\C)Nc4ccccc4N=C(C)/C=C(/C)Nc4ccccc4N=C3C)c2)C(C)=Nc2ccccc2N/C(C)=C\1. The molecule has 310 valence electrons. The van der Waals surface area contributed by atoms with Crippen molar-refractivity contribution in [3.63, 3.8) is 0 Å². The number of hydrogen-bond acceptors (Lipinski definition) is 10. The monoisotopic (exact) mass is 818 g/mol. The Hall–Kier alpha value is -7.72. The first kappa shape index (κ1) is 42.4. The van der Waals surface area contributed by atoms with E-state index in [-0.39, 0.29) is 11.6 Å². The summed E-state index contributed by atoms with van der Waals surface area (Å²) < 4.78 is 0. The molecular weight excluding hydrogens is 769 g/mol. The molecule has 0 unspecified atom stereocenters. The van der Waals surface area contributed by atoms with E-state index in [1.54, 1.807) is 24.3 Å². The fraction of sp³-hybridized carbons (Fsp3) is 0.154. The molecule has 2 aliphatic heterocycles. The van der Waals surface area contributed by atoms with Gasteiger partial charge in [0, 0.05) is 45.3 Å². The van der Waals surface area contributed by atoms with Crippen LogP contribution in [-0.2, 0) is 0 Å². The van der Waals surface area contributed by atoms with Crippen molar-refractivity contribution >= 4 is 79.9 Å². The molecule has 10 nitrogen and oxygen atoms in total. The fourth-order valence-corrected chi connectivity index (χ4v) is 7.58. The number of nitrogens with one attached hydrogen (secondary N) is 4. The molecule has 0 fully saturated rings. The maximum atomic E-state index is 15.0. The normalized spacial score (nSPS) is 18.9. The number of Topliss-reactive ketones (excluding diaryl/α,β-unsaturated/α-hetero) is 2. The highest BCUT2D eigenvalue weighted by atomic mass is 16.1. The van der Waals surface area contributed by atoms with E-state index < -0.39 is 0 Å². The molecule has 10 heteroatoms. The first-order chi connectivity index (χ1) is 29.8. The molecule has 2 aliphatic rings. The van der Waals surface area contributed by atoms with Crippen LogP contribution in [0.1, 0.15) is 76.1 Å². The maximum absolute atomic E-state index is 15.0. The van der Waals surface area contributed by atoms with Gasteiger partial charge in [-0.3, -0.25) is 29.6 Å². The summed E-state index contributed by atoms with van der Waals surface area (Å²) in [5.41, 5.74) is 12.6. The minimum atomic E-state index is -0.303. The molecule has 0 saturated carbocycles. The molecule has 62 heavy (non-hydrogen) atoms. The van der Waals surface area contributed by atoms with E-state index in [2.05, 4.69) is 21.3 Å². The molecule has 5 aromatic rings. The van der Waals surface area contributed by atoms with Gasteiger partial charge in [0.05, 0.1) is 68.1 Å². The zero-order chi connectivity index (χ0) is 43.9. The number of allylic oxidation sites excluding steroid dienone is 8. The second-order valence-electron chi connectivity index (χ2n) is 15.4. The van der Waals surface area contributed by atoms with Crippen molar-refractivity contribution in [1.29, 1.82) is 0 Å². The minimum absolute atomic E-state index is 0.303. The van der Waals surface area contributed by atoms with E-state index in [0.29, 0.717) is 67.8 Å². The third kappa shape index (κ3) is 9.83. The molecule has 0 aromatic heterocycles. The van der Waals surface area contributed by atoms with Crippen LogP contribution in [0, 0.1) is 0 Å². The highest BCUT2D eigenvalue weighted by Gasteiger charge is 2.24. The van der Waals surface area contributed by atoms with Crippen LogP contribution in [0.3, 0.4) is 0 Å². The predicted molar refractivity (Wildman–Crippen MR) is 259 cm³/mol. The number of nitrogens with zero attached hydrogens (tertiary/aromatic N) is 4. The molecule has 0 radical (unpaired) electrons. The zero-order valence-electron chi connectivity index (χ0n) is 36.3. The Morgan fingerprint density at radius 3 is 1.08 bits per heavy atom. The van der Waals surface area contributed by atoms with Crippen LogP contribution in [-0.4, -0.2) is 34.4 Å². The first-order valence-corrected chi connectivity index (χ1v) is 20.5. The molecule has 2 heterocycles. The Bertz CT molecular complexity index is 2680. The number of anilines is 4. The molecule has 4 N–H and O–H groups in total. The van der Waals surface area contributed by atoms with Crippen molar-refractivity contribution in [2.75, 3.05) is 21.3 Å². The quantitative estimate of drug-likeness (QED) is 0.134. The second-order valence-corrected chi connectivity index (χ2v) is 15.4. The van der Waals surface area contributed by atoms with Gasteiger partial charge in [0.15, 0.2) is 11.6 Å². The summed E-state index contributed by atoms with van der Waals surface area (Å²) in [5, 5.41) is 13.9. The van der Waals surface area contributed by atoms with Gasteiger partial charge in [-0.15, -0.1) is 0 Å². The Morgan fingerprint density at radius 2 is 0.710 bits per heavy atom. The van der Waals surface area contributed by atoms with Crippen molar-refractivity contribution < 1.29 is 9.59 Å². The number of hydrogen-bond donors (Lipinski definition) is 4. The van der Waals surface area contributed by atoms with Gasteiger partial charge in [0.1, 0.15) is 0 Å². The van der Waals surface area contributed by atoms with E-state index in [1.807, 2.05) is 165 Å². The molecule has 7 rings (SSSR count). The van der Waals surface area contributed by atoms with Crippen molar-refractivity contribution in [1.82, 2.24) is 0 Å². The van der Waals surface area contributed by atoms with Gasteiger partial charge in [-0.2, -0.15) is 0 Å². The summed E-state index contributed by atoms with van der Waals surface area (Å²) in [5.74, 6) is -0.607. The molecule has 0 spiro atoms. The lowest BCUT2D eigenvalue weighted by Gasteiger charge is -2.18. The van der Waals surface area contributed by atoms with Crippen molar-refractivity contribution in [2.24, 2.45) is 20.0 Å². The number of rotatable bonds is 4. The minimum Gasteiger partial charge on any atom is -0.357 e. The lowest BCUT2D eigenvalue weighted by Crippen LogP contribution is -2.19. The van der Waals surface area contributed by atoms with Crippen LogP contribution in [0.15, 0.2) is 187 Å². The lowest BCUT2D eigenvalue weighted by atomic mass is 9.93. The first-order valence-electron chi connectivity index (χ1n) is 20.5. The Morgan fingerprint density at radius 1 is 0.387 bits per heavy atom. The lowest BCUT2D eigenvalue weighted by molar-refractivity contribution is 0.103. The number of fused-ring (bicyclic) bond motifs is 4. The highest BCUT2D eigenvalue weighted by Crippen LogP contribution is 2.33. The topological polar surface area (TPSA) is 132 Å². The summed E-state index contributed by atoms with van der Waals surface area (Å²) in [7, 11) is 0. The number of benzene rings is 5. The fourth-order valence-electron chi connectivity index (χ4n) is 7.58. The highest BCUT2D eigenvalue weighted by molar-refractivity contribution is 6.31. The maximum Gasteiger partial charge on any atom is 0.196 e. The molecular formula is C52H50N8O2. The molecule has 0 bridgehead atoms. The summed E-state index contributed by atoms with van der Waals surface area (Å²) in [6.45, 7) is 15.2. The summed E-state index contributed by atoms with van der Waals surface area (Å²) in [6, 6.07) is 37.7. The van der Waals surface area contributed by atoms with E-state index >= 15 is 0 Å². The van der Waals surface area contributed by atoms with Crippen LogP contribution in [0.25, 0.3) is 0 Å². The van der Waals surface area contributed by atoms with E-state index in [1.165, 1.54) is 0 Å². The molecule has 0 atom stereocenters. The average molecular weight is 819 g/mol. The van der Waals surface area contributed by atoms with Gasteiger partial charge < -0.3 is 21.3 Å². The Balaban J connectivity index is 1.35. The van der Waals surface area contributed by atoms with E-state index in [9.17, 15) is 9.59 Å². The van der Waals surface area contributed by atoms with Crippen LogP contribution in [0.5, 0.6) is 0 Å². The third-order valence-corrected chi connectivity index (χ3v) is 10.3. The van der Waals surface area contributed by atoms with E-state index in [0.717, 1.165) is 45.6 Å². The summed E-state index contributed by atoms with van der Waals surface area (Å²) in [4.78, 5) is 49.9. The summed E-state index contributed by atoms with van der Waals surface area (Å²) >= 11 is 0. The standard InChI is InChI=1S/C52H50N8O2/c1-31-28-32(2)54-42-21-10-14-25-46(42)58-36(6)49(35(5)57-45-24-13-9-20-41(45)53-31)51(61)39-18-17-19-40(30-39)52(62)50-37(7)59-47-26-15-11-22-43(47)55-33(3)29-34(4)56-44-23-12-16-27-48(44)60-38(50)8/h9-30,53,55,58,60H,1-8H3/b31-28-,33-29-,49-36+,50-38+,54-32?,56-34?,57-35?,59-37?. The zero-order valence-corrected chi connectivity index (χ0v) is 36.3. The number of para-hydroxylation sites is 8. The average Bonchev–Trinajstić information content (AvgIpc) is 3.23. The molecule has 0 amide bonds. The van der Waals surface area contributed by atoms with Gasteiger partial charge in [-0.1, -0.05) is 66.7 Å². The van der Waals surface area contributed by atoms with Crippen molar-refractivity contribution in [3.05, 3.63) is 179 Å². The van der Waals surface area contributed by atoms with Gasteiger partial charge in [-0.05, 0) is 122 Å². The summed E-state index contributed by atoms with van der Waals surface area (Å²) in [6.07, 6.45) is 3.96. The molecule has 5 aromatic carbocycles. The van der Waals surface area contributed by atoms with Crippen molar-refractivity contribution in [3.8, 4) is 0 Å². The third-order valence-electron chi connectivity index (χ3n) is 10.3. The van der Waals surface area contributed by atoms with E-state index in [4.69, 9.17) is 20.0 Å². The smallest absolute Gasteiger partial charge is 0.196 e. The number of carbonyl (C=O) groups is 2. The van der Waals surface area contributed by atoms with Gasteiger partial charge in [0.2, 0.25) is 0 Å². The van der Waals surface area contributed by atoms with Crippen LogP contribution in [0.4, 0.5) is 45.5 Å². The van der Waals surface area contributed by atoms with Crippen LogP contribution < -0.4 is 21.3 Å². The van der Waals surface area contributed by atoms with Crippen LogP contribution in [0.2, 0.25) is 0 Å². The predicted octanol–water partition coefficient (Wildman–Crippen LogP) is 13.3. The largest absolute Gasteiger partial charge is 0.357 e. The van der Waals surface area contributed by atoms with Crippen LogP contribution >= 0.6 is 0 Å².